The van der Waals surface area contributed by atoms with Crippen LogP contribution < -0.4 is 10.2 Å². The highest BCUT2D eigenvalue weighted by Gasteiger charge is 2.24. The van der Waals surface area contributed by atoms with Crippen LogP contribution in [0.15, 0.2) is 34.9 Å². The Balaban J connectivity index is 1.57. The molecule has 2 heterocycles. The van der Waals surface area contributed by atoms with E-state index in [1.807, 2.05) is 6.07 Å². The fourth-order valence-electron chi connectivity index (χ4n) is 2.80. The third-order valence-corrected chi connectivity index (χ3v) is 3.81. The first-order chi connectivity index (χ1) is 10.1. The average molecular weight is 285 g/mol. The first-order valence-corrected chi connectivity index (χ1v) is 7.20. The van der Waals surface area contributed by atoms with Crippen molar-refractivity contribution in [1.29, 1.82) is 0 Å². The minimum absolute atomic E-state index is 0.0414. The molecule has 0 bridgehead atoms. The third kappa shape index (κ3) is 2.91. The van der Waals surface area contributed by atoms with Gasteiger partial charge in [-0.2, -0.15) is 0 Å². The van der Waals surface area contributed by atoms with E-state index >= 15 is 0 Å². The number of fused-ring (bicyclic) bond motifs is 1. The molecule has 1 aliphatic heterocycles. The Hall–Kier alpha value is -2.30. The van der Waals surface area contributed by atoms with Gasteiger partial charge in [-0.3, -0.25) is 4.79 Å². The largest absolute Gasteiger partial charge is 0.370 e. The number of para-hydroxylation sites is 1. The van der Waals surface area contributed by atoms with Crippen molar-refractivity contribution in [2.45, 2.75) is 26.2 Å². The molecule has 0 radical (unpaired) electrons. The summed E-state index contributed by atoms with van der Waals surface area (Å²) in [6.07, 6.45) is 0.437. The molecule has 0 saturated carbocycles. The van der Waals surface area contributed by atoms with Crippen LogP contribution in [-0.4, -0.2) is 24.2 Å². The van der Waals surface area contributed by atoms with Crippen molar-refractivity contribution in [2.75, 3.05) is 23.3 Å². The molecule has 1 atom stereocenters. The highest BCUT2D eigenvalue weighted by atomic mass is 16.5. The van der Waals surface area contributed by atoms with Gasteiger partial charge in [-0.15, -0.1) is 0 Å². The number of benzene rings is 1. The molecule has 0 saturated heterocycles. The van der Waals surface area contributed by atoms with Crippen molar-refractivity contribution in [2.24, 2.45) is 0 Å². The Morgan fingerprint density at radius 1 is 1.48 bits per heavy atom. The molecule has 1 aromatic heterocycles. The summed E-state index contributed by atoms with van der Waals surface area (Å²) in [5.74, 6) is 1.64. The summed E-state index contributed by atoms with van der Waals surface area (Å²) in [6.45, 7) is 5.70. The Bertz CT molecular complexity index is 650. The zero-order valence-corrected chi connectivity index (χ0v) is 12.3. The third-order valence-electron chi connectivity index (χ3n) is 3.81. The summed E-state index contributed by atoms with van der Waals surface area (Å²) >= 11 is 0. The number of aromatic nitrogens is 1. The number of amides is 1. The molecule has 1 aromatic carbocycles. The molecule has 2 aromatic rings. The number of hydrogen-bond acceptors (Lipinski definition) is 4. The van der Waals surface area contributed by atoms with Gasteiger partial charge in [0.15, 0.2) is 5.82 Å². The number of aryl methyl sites for hydroxylation is 1. The van der Waals surface area contributed by atoms with Crippen molar-refractivity contribution in [1.82, 2.24) is 5.16 Å². The van der Waals surface area contributed by atoms with Crippen LogP contribution in [0.25, 0.3) is 0 Å². The molecule has 110 valence electrons. The first-order valence-electron chi connectivity index (χ1n) is 7.20. The molecule has 0 fully saturated rings. The lowest BCUT2D eigenvalue weighted by atomic mass is 10.0. The van der Waals surface area contributed by atoms with Gasteiger partial charge in [0.05, 0.1) is 0 Å². The van der Waals surface area contributed by atoms with E-state index in [4.69, 9.17) is 4.52 Å². The van der Waals surface area contributed by atoms with Crippen molar-refractivity contribution in [3.8, 4) is 0 Å². The van der Waals surface area contributed by atoms with Crippen LogP contribution in [0, 0.1) is 6.92 Å². The van der Waals surface area contributed by atoms with Crippen molar-refractivity contribution >= 4 is 17.4 Å². The topological polar surface area (TPSA) is 58.4 Å². The quantitative estimate of drug-likeness (QED) is 0.938. The van der Waals surface area contributed by atoms with Crippen molar-refractivity contribution < 1.29 is 9.32 Å². The van der Waals surface area contributed by atoms with Gasteiger partial charge in [0.25, 0.3) is 0 Å². The molecule has 1 N–H and O–H groups in total. The average Bonchev–Trinajstić information content (AvgIpc) is 3.01. The number of hydrogen-bond donors (Lipinski definition) is 1. The molecule has 1 unspecified atom stereocenters. The normalized spacial score (nSPS) is 16.9. The summed E-state index contributed by atoms with van der Waals surface area (Å²) in [6, 6.07) is 10.1. The summed E-state index contributed by atoms with van der Waals surface area (Å²) in [7, 11) is 0. The molecule has 5 nitrogen and oxygen atoms in total. The second-order valence-electron chi connectivity index (χ2n) is 5.53. The van der Waals surface area contributed by atoms with E-state index < -0.39 is 0 Å². The number of carbonyl (C=O) groups is 1. The SMILES string of the molecule is Cc1cc(NC(=O)CCN2CC(C)c3ccccc32)no1. The van der Waals surface area contributed by atoms with Crippen LogP contribution in [0.2, 0.25) is 0 Å². The van der Waals surface area contributed by atoms with E-state index in [0.29, 0.717) is 30.5 Å². The second kappa shape index (κ2) is 5.60. The van der Waals surface area contributed by atoms with Crippen molar-refractivity contribution in [3.05, 3.63) is 41.7 Å². The minimum Gasteiger partial charge on any atom is -0.370 e. The molecule has 1 aliphatic rings. The van der Waals surface area contributed by atoms with Crippen LogP contribution in [0.3, 0.4) is 0 Å². The standard InChI is InChI=1S/C16H19N3O2/c1-11-10-19(14-6-4-3-5-13(11)14)8-7-16(20)17-15-9-12(2)21-18-15/h3-6,9,11H,7-8,10H2,1-2H3,(H,17,18,20). The lowest BCUT2D eigenvalue weighted by Crippen LogP contribution is -2.26. The molecule has 0 spiro atoms. The summed E-state index contributed by atoms with van der Waals surface area (Å²) in [4.78, 5) is 14.2. The Labute approximate surface area is 123 Å². The van der Waals surface area contributed by atoms with E-state index in [2.05, 4.69) is 40.5 Å². The number of carbonyl (C=O) groups excluding carboxylic acids is 1. The number of rotatable bonds is 4. The van der Waals surface area contributed by atoms with E-state index in [0.717, 1.165) is 6.54 Å². The van der Waals surface area contributed by atoms with Gasteiger partial charge in [0, 0.05) is 37.2 Å². The van der Waals surface area contributed by atoms with Crippen molar-refractivity contribution in [3.63, 3.8) is 0 Å². The summed E-state index contributed by atoms with van der Waals surface area (Å²) < 4.78 is 4.93. The van der Waals surface area contributed by atoms with Gasteiger partial charge in [-0.1, -0.05) is 30.3 Å². The highest BCUT2D eigenvalue weighted by molar-refractivity contribution is 5.90. The number of nitrogens with zero attached hydrogens (tertiary/aromatic N) is 2. The van der Waals surface area contributed by atoms with E-state index in [1.165, 1.54) is 11.3 Å². The maximum atomic E-state index is 12.0. The second-order valence-corrected chi connectivity index (χ2v) is 5.53. The molecular formula is C16H19N3O2. The number of nitrogens with one attached hydrogen (secondary N) is 1. The van der Waals surface area contributed by atoms with Gasteiger partial charge in [-0.25, -0.2) is 0 Å². The van der Waals surface area contributed by atoms with Gasteiger partial charge in [0.1, 0.15) is 5.76 Å². The fraction of sp³-hybridized carbons (Fsp3) is 0.375. The monoisotopic (exact) mass is 285 g/mol. The first kappa shape index (κ1) is 13.7. The van der Waals surface area contributed by atoms with Crippen LogP contribution in [0.4, 0.5) is 11.5 Å². The minimum atomic E-state index is -0.0414. The van der Waals surface area contributed by atoms with E-state index in [9.17, 15) is 4.79 Å². The van der Waals surface area contributed by atoms with Crippen LogP contribution in [0.1, 0.15) is 30.6 Å². The van der Waals surface area contributed by atoms with Crippen LogP contribution in [0.5, 0.6) is 0 Å². The molecule has 3 rings (SSSR count). The Morgan fingerprint density at radius 2 is 2.29 bits per heavy atom. The number of anilines is 2. The van der Waals surface area contributed by atoms with Gasteiger partial charge < -0.3 is 14.7 Å². The van der Waals surface area contributed by atoms with Gasteiger partial charge in [0.2, 0.25) is 5.91 Å². The zero-order chi connectivity index (χ0) is 14.8. The van der Waals surface area contributed by atoms with Crippen LogP contribution >= 0.6 is 0 Å². The van der Waals surface area contributed by atoms with E-state index in [-0.39, 0.29) is 5.91 Å². The predicted octanol–water partition coefficient (Wildman–Crippen LogP) is 2.94. The molecular weight excluding hydrogens is 266 g/mol. The lowest BCUT2D eigenvalue weighted by Gasteiger charge is -2.19. The van der Waals surface area contributed by atoms with Gasteiger partial charge in [-0.05, 0) is 18.6 Å². The molecule has 5 heteroatoms. The fourth-order valence-corrected chi connectivity index (χ4v) is 2.80. The Morgan fingerprint density at radius 3 is 3.05 bits per heavy atom. The lowest BCUT2D eigenvalue weighted by molar-refractivity contribution is -0.116. The zero-order valence-electron chi connectivity index (χ0n) is 12.3. The Kier molecular flexibility index (Phi) is 3.64. The summed E-state index contributed by atoms with van der Waals surface area (Å²) in [5.41, 5.74) is 2.61. The smallest absolute Gasteiger partial charge is 0.227 e. The maximum Gasteiger partial charge on any atom is 0.227 e. The summed E-state index contributed by atoms with van der Waals surface area (Å²) in [5, 5.41) is 6.51. The molecule has 21 heavy (non-hydrogen) atoms. The molecule has 0 aliphatic carbocycles. The predicted molar refractivity (Wildman–Crippen MR) is 81.6 cm³/mol. The highest BCUT2D eigenvalue weighted by Crippen LogP contribution is 2.35. The van der Waals surface area contributed by atoms with E-state index in [1.54, 1.807) is 13.0 Å². The maximum absolute atomic E-state index is 12.0. The molecule has 1 amide bonds. The van der Waals surface area contributed by atoms with Gasteiger partial charge >= 0.3 is 0 Å². The van der Waals surface area contributed by atoms with Crippen LogP contribution in [-0.2, 0) is 4.79 Å².